The van der Waals surface area contributed by atoms with E-state index in [0.717, 1.165) is 5.56 Å². The van der Waals surface area contributed by atoms with Crippen molar-refractivity contribution in [3.8, 4) is 5.75 Å². The van der Waals surface area contributed by atoms with Gasteiger partial charge >= 0.3 is 6.61 Å². The highest BCUT2D eigenvalue weighted by Gasteiger charge is 2.35. The number of ether oxygens (including phenoxy) is 2. The summed E-state index contributed by atoms with van der Waals surface area (Å²) in [5.74, 6) is 0.172. The van der Waals surface area contributed by atoms with E-state index in [0.29, 0.717) is 13.0 Å². The lowest BCUT2D eigenvalue weighted by molar-refractivity contribution is -0.0500. The van der Waals surface area contributed by atoms with E-state index >= 15 is 0 Å². The van der Waals surface area contributed by atoms with E-state index < -0.39 is 6.61 Å². The van der Waals surface area contributed by atoms with Gasteiger partial charge < -0.3 is 14.8 Å². The zero-order valence-corrected chi connectivity index (χ0v) is 12.5. The minimum Gasteiger partial charge on any atom is -0.435 e. The van der Waals surface area contributed by atoms with E-state index in [1.54, 1.807) is 12.1 Å². The average Bonchev–Trinajstić information content (AvgIpc) is 2.32. The third-order valence-electron chi connectivity index (χ3n) is 3.28. The van der Waals surface area contributed by atoms with Crippen molar-refractivity contribution in [2.75, 3.05) is 6.61 Å². The highest BCUT2D eigenvalue weighted by molar-refractivity contribution is 6.15. The van der Waals surface area contributed by atoms with E-state index in [2.05, 4.69) is 20.3 Å². The summed E-state index contributed by atoms with van der Waals surface area (Å²) in [5.41, 5.74) is 0.897. The Labute approximate surface area is 121 Å². The fourth-order valence-electron chi connectivity index (χ4n) is 2.40. The Morgan fingerprint density at radius 3 is 2.95 bits per heavy atom. The van der Waals surface area contributed by atoms with Crippen molar-refractivity contribution in [1.82, 2.24) is 5.32 Å². The van der Waals surface area contributed by atoms with E-state index in [1.165, 1.54) is 6.07 Å². The number of nitrogens with one attached hydrogen (secondary N) is 1. The minimum absolute atomic E-state index is 0.0860. The summed E-state index contributed by atoms with van der Waals surface area (Å²) in [5, 5.41) is 3.06. The summed E-state index contributed by atoms with van der Waals surface area (Å²) in [7, 11) is 3.69. The normalized spacial score (nSPS) is 30.5. The van der Waals surface area contributed by atoms with Gasteiger partial charge in [-0.25, -0.2) is 0 Å². The highest BCUT2D eigenvalue weighted by atomic mass is 28.1. The van der Waals surface area contributed by atoms with Gasteiger partial charge in [0.05, 0.1) is 23.0 Å². The molecule has 109 valence electrons. The van der Waals surface area contributed by atoms with Gasteiger partial charge in [0.25, 0.3) is 0 Å². The molecule has 6 heteroatoms. The summed E-state index contributed by atoms with van der Waals surface area (Å²) in [4.78, 5) is 0. The molecule has 1 aromatic rings. The van der Waals surface area contributed by atoms with Crippen LogP contribution in [0.5, 0.6) is 5.75 Å². The molecular formula is C14H18F2NO2Si. The zero-order chi connectivity index (χ0) is 14.8. The van der Waals surface area contributed by atoms with Crippen LogP contribution in [-0.4, -0.2) is 40.8 Å². The van der Waals surface area contributed by atoms with Crippen molar-refractivity contribution < 1.29 is 18.3 Å². The molecule has 0 aliphatic carbocycles. The maximum absolute atomic E-state index is 12.2. The first-order chi connectivity index (χ1) is 9.37. The third kappa shape index (κ3) is 4.00. The molecule has 2 rings (SSSR count). The molecule has 1 fully saturated rings. The molecule has 0 bridgehead atoms. The van der Waals surface area contributed by atoms with Crippen LogP contribution in [0, 0.1) is 0 Å². The Balaban J connectivity index is 2.06. The van der Waals surface area contributed by atoms with E-state index in [1.807, 2.05) is 19.9 Å². The summed E-state index contributed by atoms with van der Waals surface area (Å²) in [6.45, 7) is 1.87. The average molecular weight is 298 g/mol. The van der Waals surface area contributed by atoms with Gasteiger partial charge in [0.15, 0.2) is 0 Å². The second-order valence-electron chi connectivity index (χ2n) is 5.30. The molecule has 3 radical (unpaired) electrons. The zero-order valence-electron chi connectivity index (χ0n) is 11.5. The van der Waals surface area contributed by atoms with Crippen molar-refractivity contribution in [1.29, 1.82) is 0 Å². The van der Waals surface area contributed by atoms with E-state index in [-0.39, 0.29) is 23.1 Å². The molecule has 1 aliphatic rings. The second-order valence-corrected chi connectivity index (χ2v) is 6.34. The predicted octanol–water partition coefficient (Wildman–Crippen LogP) is 2.09. The van der Waals surface area contributed by atoms with Gasteiger partial charge in [-0.2, -0.15) is 8.78 Å². The third-order valence-corrected chi connectivity index (χ3v) is 3.75. The molecule has 0 saturated carbocycles. The number of halogens is 2. The molecule has 1 aliphatic heterocycles. The Hall–Kier alpha value is -0.983. The second kappa shape index (κ2) is 6.20. The van der Waals surface area contributed by atoms with Crippen LogP contribution in [0.25, 0.3) is 0 Å². The topological polar surface area (TPSA) is 30.5 Å². The first kappa shape index (κ1) is 15.4. The molecule has 0 unspecified atom stereocenters. The van der Waals surface area contributed by atoms with Crippen LogP contribution < -0.4 is 10.1 Å². The quantitative estimate of drug-likeness (QED) is 0.864. The number of hydrogen-bond acceptors (Lipinski definition) is 3. The summed E-state index contributed by atoms with van der Waals surface area (Å²) in [6.07, 6.45) is 0.525. The Bertz CT molecular complexity index is 457. The van der Waals surface area contributed by atoms with Crippen molar-refractivity contribution in [2.24, 2.45) is 0 Å². The van der Waals surface area contributed by atoms with Gasteiger partial charge in [0.2, 0.25) is 0 Å². The molecule has 20 heavy (non-hydrogen) atoms. The van der Waals surface area contributed by atoms with Crippen molar-refractivity contribution in [2.45, 2.75) is 44.2 Å². The Kier molecular flexibility index (Phi) is 4.77. The lowest BCUT2D eigenvalue weighted by atomic mass is 9.99. The van der Waals surface area contributed by atoms with Crippen molar-refractivity contribution >= 4 is 10.2 Å². The Morgan fingerprint density at radius 2 is 2.30 bits per heavy atom. The van der Waals surface area contributed by atoms with E-state index in [4.69, 9.17) is 4.74 Å². The molecule has 0 spiro atoms. The lowest BCUT2D eigenvalue weighted by Crippen LogP contribution is -2.62. The molecule has 0 amide bonds. The van der Waals surface area contributed by atoms with Crippen LogP contribution in [0.3, 0.4) is 0 Å². The van der Waals surface area contributed by atoms with Crippen LogP contribution in [0.4, 0.5) is 8.78 Å². The van der Waals surface area contributed by atoms with Gasteiger partial charge in [0.1, 0.15) is 5.75 Å². The number of rotatable bonds is 4. The molecule has 1 saturated heterocycles. The van der Waals surface area contributed by atoms with Gasteiger partial charge in [-0.05, 0) is 31.5 Å². The largest absolute Gasteiger partial charge is 0.435 e. The smallest absolute Gasteiger partial charge is 0.387 e. The SMILES string of the molecule is C[C@@H]1CO[C@H](Cc2cccc(OC(F)F)c2)[C@@](C)([Si])N1. The standard InChI is InChI=1S/C14H18F2NO2Si/c1-9-8-18-12(14(2,20)17-9)7-10-4-3-5-11(6-10)19-13(15)16/h3-6,9,12-13,17H,7-8H2,1-2H3/t9-,12-,14-/m1/s1. The van der Waals surface area contributed by atoms with E-state index in [9.17, 15) is 8.78 Å². The van der Waals surface area contributed by atoms with Crippen LogP contribution in [0.15, 0.2) is 24.3 Å². The van der Waals surface area contributed by atoms with Gasteiger partial charge in [-0.1, -0.05) is 12.1 Å². The number of alkyl halides is 2. The van der Waals surface area contributed by atoms with Crippen LogP contribution >= 0.6 is 0 Å². The van der Waals surface area contributed by atoms with Crippen molar-refractivity contribution in [3.05, 3.63) is 29.8 Å². The highest BCUT2D eigenvalue weighted by Crippen LogP contribution is 2.23. The van der Waals surface area contributed by atoms with Crippen molar-refractivity contribution in [3.63, 3.8) is 0 Å². The van der Waals surface area contributed by atoms with Gasteiger partial charge in [-0.3, -0.25) is 0 Å². The number of benzene rings is 1. The van der Waals surface area contributed by atoms with Gasteiger partial charge in [0, 0.05) is 17.6 Å². The van der Waals surface area contributed by atoms with Gasteiger partial charge in [-0.15, -0.1) is 0 Å². The maximum Gasteiger partial charge on any atom is 0.387 e. The fourth-order valence-corrected chi connectivity index (χ4v) is 2.83. The molecule has 1 aromatic carbocycles. The number of hydrogen-bond donors (Lipinski definition) is 1. The van der Waals surface area contributed by atoms with Crippen LogP contribution in [-0.2, 0) is 11.2 Å². The first-order valence-corrected chi connectivity index (χ1v) is 7.05. The molecule has 3 atom stereocenters. The summed E-state index contributed by atoms with van der Waals surface area (Å²) in [6, 6.07) is 6.99. The maximum atomic E-state index is 12.2. The monoisotopic (exact) mass is 298 g/mol. The molecule has 0 aromatic heterocycles. The molecule has 1 heterocycles. The summed E-state index contributed by atoms with van der Waals surface area (Å²) < 4.78 is 34.7. The molecular weight excluding hydrogens is 280 g/mol. The predicted molar refractivity (Wildman–Crippen MR) is 73.3 cm³/mol. The summed E-state index contributed by atoms with van der Waals surface area (Å²) >= 11 is 0. The van der Waals surface area contributed by atoms with Crippen LogP contribution in [0.1, 0.15) is 19.4 Å². The molecule has 1 N–H and O–H groups in total. The van der Waals surface area contributed by atoms with Crippen LogP contribution in [0.2, 0.25) is 0 Å². The first-order valence-electron chi connectivity index (χ1n) is 6.55. The minimum atomic E-state index is -2.81. The fraction of sp³-hybridized carbons (Fsp3) is 0.571. The number of morpholine rings is 1. The Morgan fingerprint density at radius 1 is 1.55 bits per heavy atom. The molecule has 3 nitrogen and oxygen atoms in total. The lowest BCUT2D eigenvalue weighted by Gasteiger charge is -2.42.